The van der Waals surface area contributed by atoms with Crippen LogP contribution in [0.15, 0.2) is 0 Å². The first-order chi connectivity index (χ1) is 7.49. The molecule has 0 saturated heterocycles. The number of hydrogen-bond acceptors (Lipinski definition) is 4. The lowest BCUT2D eigenvalue weighted by molar-refractivity contribution is -0.122. The summed E-state index contributed by atoms with van der Waals surface area (Å²) in [5, 5.41) is 14.8. The van der Waals surface area contributed by atoms with Gasteiger partial charge in [0.05, 0.1) is 0 Å². The van der Waals surface area contributed by atoms with Gasteiger partial charge in [-0.2, -0.15) is 0 Å². The van der Waals surface area contributed by atoms with Crippen molar-refractivity contribution in [3.8, 4) is 0 Å². The van der Waals surface area contributed by atoms with Crippen LogP contribution in [0.2, 0.25) is 0 Å². The molecule has 0 rings (SSSR count). The van der Waals surface area contributed by atoms with E-state index in [0.29, 0.717) is 19.4 Å². The molecule has 2 atom stereocenters. The number of aliphatic hydroxyl groups is 1. The minimum atomic E-state index is -0.0275. The average molecular weight is 231 g/mol. The number of rotatable bonds is 8. The zero-order valence-electron chi connectivity index (χ0n) is 10.5. The third-order valence-electron chi connectivity index (χ3n) is 2.25. The van der Waals surface area contributed by atoms with Gasteiger partial charge < -0.3 is 21.5 Å². The van der Waals surface area contributed by atoms with Gasteiger partial charge in [-0.05, 0) is 27.2 Å². The molecule has 0 aromatic rings. The number of nitrogens with two attached hydrogens (primary N) is 1. The fraction of sp³-hybridized carbons (Fsp3) is 0.909. The van der Waals surface area contributed by atoms with Gasteiger partial charge in [-0.1, -0.05) is 0 Å². The molecular formula is C11H25N3O2. The van der Waals surface area contributed by atoms with Crippen molar-refractivity contribution in [2.24, 2.45) is 5.73 Å². The predicted molar refractivity (Wildman–Crippen MR) is 65.0 cm³/mol. The van der Waals surface area contributed by atoms with Crippen molar-refractivity contribution in [2.75, 3.05) is 13.2 Å². The summed E-state index contributed by atoms with van der Waals surface area (Å²) in [4.78, 5) is 11.5. The van der Waals surface area contributed by atoms with Crippen molar-refractivity contribution in [1.82, 2.24) is 10.6 Å². The Kier molecular flexibility index (Phi) is 8.15. The molecule has 0 aromatic heterocycles. The Labute approximate surface area is 97.8 Å². The smallest absolute Gasteiger partial charge is 0.221 e. The summed E-state index contributed by atoms with van der Waals surface area (Å²) < 4.78 is 0. The number of hydrogen-bond donors (Lipinski definition) is 4. The van der Waals surface area contributed by atoms with Gasteiger partial charge >= 0.3 is 0 Å². The largest absolute Gasteiger partial charge is 0.396 e. The first-order valence-corrected chi connectivity index (χ1v) is 5.85. The van der Waals surface area contributed by atoms with Crippen molar-refractivity contribution in [1.29, 1.82) is 0 Å². The maximum absolute atomic E-state index is 11.5. The summed E-state index contributed by atoms with van der Waals surface area (Å²) >= 11 is 0. The van der Waals surface area contributed by atoms with Crippen LogP contribution in [0.25, 0.3) is 0 Å². The van der Waals surface area contributed by atoms with Gasteiger partial charge in [0.2, 0.25) is 5.91 Å². The minimum absolute atomic E-state index is 0.00847. The quantitative estimate of drug-likeness (QED) is 0.457. The molecule has 0 bridgehead atoms. The van der Waals surface area contributed by atoms with E-state index in [2.05, 4.69) is 10.6 Å². The number of nitrogens with one attached hydrogen (secondary N) is 2. The van der Waals surface area contributed by atoms with Crippen molar-refractivity contribution >= 4 is 5.91 Å². The van der Waals surface area contributed by atoms with E-state index in [0.717, 1.165) is 0 Å². The topological polar surface area (TPSA) is 87.4 Å². The van der Waals surface area contributed by atoms with Gasteiger partial charge in [0, 0.05) is 37.7 Å². The lowest BCUT2D eigenvalue weighted by Gasteiger charge is -2.21. The summed E-state index contributed by atoms with van der Waals surface area (Å²) in [6.45, 7) is 6.39. The third kappa shape index (κ3) is 7.62. The van der Waals surface area contributed by atoms with Gasteiger partial charge in [0.25, 0.3) is 0 Å². The van der Waals surface area contributed by atoms with Crippen molar-refractivity contribution in [3.63, 3.8) is 0 Å². The highest BCUT2D eigenvalue weighted by molar-refractivity contribution is 5.76. The predicted octanol–water partition coefficient (Wildman–Crippen LogP) is -0.411. The molecule has 0 heterocycles. The minimum Gasteiger partial charge on any atom is -0.396 e. The van der Waals surface area contributed by atoms with Gasteiger partial charge in [0.1, 0.15) is 0 Å². The average Bonchev–Trinajstić information content (AvgIpc) is 2.15. The molecule has 0 aromatic carbocycles. The first-order valence-electron chi connectivity index (χ1n) is 5.85. The molecule has 5 nitrogen and oxygen atoms in total. The standard InChI is InChI=1S/C11H25N3O2/c1-8(2)13-11(16)6-10(7-12)14-9(3)4-5-15/h8-10,14-15H,4-7,12H2,1-3H3,(H,13,16). The third-order valence-corrected chi connectivity index (χ3v) is 2.25. The maximum Gasteiger partial charge on any atom is 0.221 e. The monoisotopic (exact) mass is 231 g/mol. The Hall–Kier alpha value is -0.650. The van der Waals surface area contributed by atoms with E-state index in [1.54, 1.807) is 0 Å². The zero-order chi connectivity index (χ0) is 12.6. The second kappa shape index (κ2) is 8.50. The molecule has 0 spiro atoms. The Bertz CT molecular complexity index is 198. The van der Waals surface area contributed by atoms with Crippen LogP contribution in [0.3, 0.4) is 0 Å². The van der Waals surface area contributed by atoms with Crippen LogP contribution >= 0.6 is 0 Å². The van der Waals surface area contributed by atoms with E-state index in [4.69, 9.17) is 10.8 Å². The van der Waals surface area contributed by atoms with E-state index in [-0.39, 0.29) is 30.6 Å². The van der Waals surface area contributed by atoms with E-state index in [1.807, 2.05) is 20.8 Å². The summed E-state index contributed by atoms with van der Waals surface area (Å²) in [6.07, 6.45) is 1.05. The Morgan fingerprint density at radius 1 is 1.38 bits per heavy atom. The van der Waals surface area contributed by atoms with E-state index >= 15 is 0 Å². The van der Waals surface area contributed by atoms with E-state index in [9.17, 15) is 4.79 Å². The highest BCUT2D eigenvalue weighted by atomic mass is 16.3. The number of carbonyl (C=O) groups excluding carboxylic acids is 1. The van der Waals surface area contributed by atoms with Gasteiger partial charge in [-0.25, -0.2) is 0 Å². The molecule has 0 aliphatic carbocycles. The van der Waals surface area contributed by atoms with Gasteiger partial charge in [-0.3, -0.25) is 4.79 Å². The van der Waals surface area contributed by atoms with Crippen LogP contribution < -0.4 is 16.4 Å². The molecule has 0 fully saturated rings. The lowest BCUT2D eigenvalue weighted by Crippen LogP contribution is -2.45. The van der Waals surface area contributed by atoms with Crippen molar-refractivity contribution in [3.05, 3.63) is 0 Å². The molecule has 5 N–H and O–H groups in total. The van der Waals surface area contributed by atoms with E-state index in [1.165, 1.54) is 0 Å². The molecule has 0 aliphatic heterocycles. The molecule has 0 aliphatic rings. The molecule has 16 heavy (non-hydrogen) atoms. The highest BCUT2D eigenvalue weighted by Crippen LogP contribution is 1.97. The summed E-state index contributed by atoms with van der Waals surface area (Å²) in [5.41, 5.74) is 5.59. The Morgan fingerprint density at radius 2 is 2.00 bits per heavy atom. The van der Waals surface area contributed by atoms with Gasteiger partial charge in [-0.15, -0.1) is 0 Å². The molecule has 0 saturated carbocycles. The second-order valence-corrected chi connectivity index (χ2v) is 4.44. The Morgan fingerprint density at radius 3 is 2.44 bits per heavy atom. The number of amides is 1. The highest BCUT2D eigenvalue weighted by Gasteiger charge is 2.14. The normalized spacial score (nSPS) is 14.9. The van der Waals surface area contributed by atoms with E-state index < -0.39 is 0 Å². The fourth-order valence-corrected chi connectivity index (χ4v) is 1.49. The number of carbonyl (C=O) groups is 1. The molecule has 1 amide bonds. The van der Waals surface area contributed by atoms with Crippen LogP contribution in [0.1, 0.15) is 33.6 Å². The number of aliphatic hydroxyl groups excluding tert-OH is 1. The molecule has 0 radical (unpaired) electrons. The van der Waals surface area contributed by atoms with Crippen LogP contribution in [0.4, 0.5) is 0 Å². The summed E-state index contributed by atoms with van der Waals surface area (Å²) in [5.74, 6) is 0.00847. The fourth-order valence-electron chi connectivity index (χ4n) is 1.49. The molecule has 5 heteroatoms. The van der Waals surface area contributed by atoms with Crippen molar-refractivity contribution in [2.45, 2.75) is 51.7 Å². The van der Waals surface area contributed by atoms with Gasteiger partial charge in [0.15, 0.2) is 0 Å². The zero-order valence-corrected chi connectivity index (χ0v) is 10.5. The lowest BCUT2D eigenvalue weighted by atomic mass is 10.1. The molecule has 96 valence electrons. The van der Waals surface area contributed by atoms with Crippen LogP contribution in [-0.2, 0) is 4.79 Å². The SMILES string of the molecule is CC(C)NC(=O)CC(CN)NC(C)CCO. The summed E-state index contributed by atoms with van der Waals surface area (Å²) in [7, 11) is 0. The van der Waals surface area contributed by atoms with Crippen LogP contribution in [-0.4, -0.2) is 42.3 Å². The van der Waals surface area contributed by atoms with Crippen LogP contribution in [0, 0.1) is 0 Å². The van der Waals surface area contributed by atoms with Crippen molar-refractivity contribution < 1.29 is 9.90 Å². The summed E-state index contributed by atoms with van der Waals surface area (Å²) in [6, 6.07) is 0.298. The first kappa shape index (κ1) is 15.3. The Balaban J connectivity index is 3.94. The second-order valence-electron chi connectivity index (χ2n) is 4.44. The maximum atomic E-state index is 11.5. The van der Waals surface area contributed by atoms with Crippen LogP contribution in [0.5, 0.6) is 0 Å². The molecular weight excluding hydrogens is 206 g/mol. The molecule has 2 unspecified atom stereocenters.